The number of carbonyl (C=O) groups is 2. The summed E-state index contributed by atoms with van der Waals surface area (Å²) in [4.78, 5) is 22.4. The zero-order chi connectivity index (χ0) is 9.71. The van der Waals surface area contributed by atoms with Gasteiger partial charge in [0.15, 0.2) is 0 Å². The van der Waals surface area contributed by atoms with E-state index in [1.807, 2.05) is 12.2 Å². The van der Waals surface area contributed by atoms with E-state index in [0.29, 0.717) is 11.1 Å². The summed E-state index contributed by atoms with van der Waals surface area (Å²) in [5.41, 5.74) is 2.88. The van der Waals surface area contributed by atoms with Crippen LogP contribution in [0.25, 0.3) is 6.08 Å². The Morgan fingerprint density at radius 1 is 1.07 bits per heavy atom. The molecule has 0 aromatic heterocycles. The van der Waals surface area contributed by atoms with E-state index in [-0.39, 0.29) is 0 Å². The number of ether oxygens (including phenoxy) is 1. The molecule has 0 atom stereocenters. The van der Waals surface area contributed by atoms with Gasteiger partial charge >= 0.3 is 11.9 Å². The average molecular weight is 186 g/mol. The molecule has 3 heteroatoms. The standard InChI is InChI=1S/C11H6O3/c12-10-8-4-6-2-1-3-7(6)5-9(8)11(13)14-10/h1-2,4-5H,3H2. The van der Waals surface area contributed by atoms with Crippen molar-refractivity contribution >= 4 is 18.0 Å². The zero-order valence-corrected chi connectivity index (χ0v) is 7.24. The molecule has 0 amide bonds. The van der Waals surface area contributed by atoms with E-state index >= 15 is 0 Å². The molecular weight excluding hydrogens is 180 g/mol. The van der Waals surface area contributed by atoms with Crippen LogP contribution in [0.1, 0.15) is 31.8 Å². The molecule has 0 spiro atoms. The minimum atomic E-state index is -0.534. The molecule has 14 heavy (non-hydrogen) atoms. The predicted octanol–water partition coefficient (Wildman–Crippen LogP) is 1.57. The Labute approximate surface area is 80.0 Å². The minimum absolute atomic E-state index is 0.389. The van der Waals surface area contributed by atoms with Crippen LogP contribution in [0.15, 0.2) is 18.2 Å². The number of rotatable bonds is 0. The summed E-state index contributed by atoms with van der Waals surface area (Å²) in [6, 6.07) is 3.47. The normalized spacial score (nSPS) is 16.9. The van der Waals surface area contributed by atoms with Crippen LogP contribution < -0.4 is 0 Å². The van der Waals surface area contributed by atoms with Gasteiger partial charge in [-0.2, -0.15) is 0 Å². The van der Waals surface area contributed by atoms with E-state index in [4.69, 9.17) is 0 Å². The van der Waals surface area contributed by atoms with E-state index in [2.05, 4.69) is 4.74 Å². The van der Waals surface area contributed by atoms with Gasteiger partial charge in [0.25, 0.3) is 0 Å². The highest BCUT2D eigenvalue weighted by Gasteiger charge is 2.30. The first-order valence-corrected chi connectivity index (χ1v) is 4.36. The first-order valence-electron chi connectivity index (χ1n) is 4.36. The molecular formula is C11H6O3. The number of hydrogen-bond donors (Lipinski definition) is 0. The molecule has 3 nitrogen and oxygen atoms in total. The van der Waals surface area contributed by atoms with Crippen molar-refractivity contribution in [3.63, 3.8) is 0 Å². The lowest BCUT2D eigenvalue weighted by molar-refractivity contribution is 0.0444. The molecule has 68 valence electrons. The minimum Gasteiger partial charge on any atom is -0.386 e. The van der Waals surface area contributed by atoms with Crippen molar-refractivity contribution in [3.05, 3.63) is 40.5 Å². The van der Waals surface area contributed by atoms with Gasteiger partial charge in [-0.1, -0.05) is 12.2 Å². The fourth-order valence-corrected chi connectivity index (χ4v) is 1.84. The van der Waals surface area contributed by atoms with Crippen molar-refractivity contribution in [2.75, 3.05) is 0 Å². The van der Waals surface area contributed by atoms with Gasteiger partial charge in [0.05, 0.1) is 11.1 Å². The van der Waals surface area contributed by atoms with Gasteiger partial charge in [-0.15, -0.1) is 0 Å². The van der Waals surface area contributed by atoms with Gasteiger partial charge in [0.1, 0.15) is 0 Å². The summed E-state index contributed by atoms with van der Waals surface area (Å²) in [7, 11) is 0. The van der Waals surface area contributed by atoms with Crippen molar-refractivity contribution in [1.82, 2.24) is 0 Å². The van der Waals surface area contributed by atoms with E-state index in [9.17, 15) is 9.59 Å². The lowest BCUT2D eigenvalue weighted by Gasteiger charge is -1.99. The van der Waals surface area contributed by atoms with Crippen molar-refractivity contribution < 1.29 is 14.3 Å². The van der Waals surface area contributed by atoms with Crippen LogP contribution in [0.4, 0.5) is 0 Å². The molecule has 1 aliphatic carbocycles. The smallest absolute Gasteiger partial charge is 0.346 e. The van der Waals surface area contributed by atoms with Crippen LogP contribution in [-0.2, 0) is 11.2 Å². The van der Waals surface area contributed by atoms with Gasteiger partial charge in [-0.3, -0.25) is 0 Å². The van der Waals surface area contributed by atoms with Gasteiger partial charge in [-0.25, -0.2) is 9.59 Å². The molecule has 1 heterocycles. The Hall–Kier alpha value is -1.90. The lowest BCUT2D eigenvalue weighted by atomic mass is 10.0. The second kappa shape index (κ2) is 2.32. The number of cyclic esters (lactones) is 2. The van der Waals surface area contributed by atoms with Gasteiger partial charge in [-0.05, 0) is 29.7 Å². The summed E-state index contributed by atoms with van der Waals surface area (Å²) in [5.74, 6) is -1.06. The number of fused-ring (bicyclic) bond motifs is 2. The fourth-order valence-electron chi connectivity index (χ4n) is 1.84. The van der Waals surface area contributed by atoms with Crippen LogP contribution >= 0.6 is 0 Å². The van der Waals surface area contributed by atoms with Crippen LogP contribution in [0, 0.1) is 0 Å². The van der Waals surface area contributed by atoms with Crippen molar-refractivity contribution in [1.29, 1.82) is 0 Å². The monoisotopic (exact) mass is 186 g/mol. The molecule has 0 saturated heterocycles. The van der Waals surface area contributed by atoms with E-state index in [1.165, 1.54) is 0 Å². The van der Waals surface area contributed by atoms with Crippen LogP contribution in [-0.4, -0.2) is 11.9 Å². The second-order valence-electron chi connectivity index (χ2n) is 3.38. The molecule has 0 bridgehead atoms. The Morgan fingerprint density at radius 2 is 1.79 bits per heavy atom. The molecule has 0 unspecified atom stereocenters. The first kappa shape index (κ1) is 7.50. The van der Waals surface area contributed by atoms with Crippen LogP contribution in [0.3, 0.4) is 0 Å². The number of allylic oxidation sites excluding steroid dienone is 1. The fraction of sp³-hybridized carbons (Fsp3) is 0.0909. The molecule has 1 aromatic carbocycles. The molecule has 0 N–H and O–H groups in total. The van der Waals surface area contributed by atoms with Gasteiger partial charge in [0, 0.05) is 0 Å². The Balaban J connectivity index is 2.30. The van der Waals surface area contributed by atoms with E-state index in [0.717, 1.165) is 17.5 Å². The maximum Gasteiger partial charge on any atom is 0.346 e. The third-order valence-electron chi connectivity index (χ3n) is 2.54. The van der Waals surface area contributed by atoms with Crippen molar-refractivity contribution in [3.8, 4) is 0 Å². The Kier molecular flexibility index (Phi) is 1.24. The summed E-state index contributed by atoms with van der Waals surface area (Å²) in [6.45, 7) is 0. The number of esters is 2. The quantitative estimate of drug-likeness (QED) is 0.456. The van der Waals surface area contributed by atoms with Crippen molar-refractivity contribution in [2.45, 2.75) is 6.42 Å². The maximum absolute atomic E-state index is 11.2. The Morgan fingerprint density at radius 3 is 2.57 bits per heavy atom. The first-order chi connectivity index (χ1) is 6.75. The largest absolute Gasteiger partial charge is 0.386 e. The zero-order valence-electron chi connectivity index (χ0n) is 7.24. The highest BCUT2D eigenvalue weighted by molar-refractivity contribution is 6.15. The third kappa shape index (κ3) is 0.812. The molecule has 3 rings (SSSR count). The average Bonchev–Trinajstić information content (AvgIpc) is 2.70. The second-order valence-corrected chi connectivity index (χ2v) is 3.38. The summed E-state index contributed by atoms with van der Waals surface area (Å²) < 4.78 is 4.51. The molecule has 1 aliphatic heterocycles. The van der Waals surface area contributed by atoms with Gasteiger partial charge < -0.3 is 4.74 Å². The van der Waals surface area contributed by atoms with Gasteiger partial charge in [0.2, 0.25) is 0 Å². The molecule has 1 aromatic rings. The molecule has 0 fully saturated rings. The summed E-state index contributed by atoms with van der Waals surface area (Å²) in [5, 5.41) is 0. The Bertz CT molecular complexity index is 497. The molecule has 0 saturated carbocycles. The number of benzene rings is 1. The van der Waals surface area contributed by atoms with E-state index in [1.54, 1.807) is 12.1 Å². The molecule has 0 radical (unpaired) electrons. The SMILES string of the molecule is O=C1OC(=O)c2cc3c(cc21)C=CC3. The number of carbonyl (C=O) groups excluding carboxylic acids is 2. The van der Waals surface area contributed by atoms with Crippen molar-refractivity contribution in [2.24, 2.45) is 0 Å². The topological polar surface area (TPSA) is 43.4 Å². The van der Waals surface area contributed by atoms with Crippen LogP contribution in [0.5, 0.6) is 0 Å². The lowest BCUT2D eigenvalue weighted by Crippen LogP contribution is -1.96. The predicted molar refractivity (Wildman–Crippen MR) is 48.9 cm³/mol. The number of hydrogen-bond acceptors (Lipinski definition) is 3. The molecule has 2 aliphatic rings. The van der Waals surface area contributed by atoms with Crippen LogP contribution in [0.2, 0.25) is 0 Å². The van der Waals surface area contributed by atoms with E-state index < -0.39 is 11.9 Å². The third-order valence-corrected chi connectivity index (χ3v) is 2.54. The summed E-state index contributed by atoms with van der Waals surface area (Å²) in [6.07, 6.45) is 4.78. The highest BCUT2D eigenvalue weighted by Crippen LogP contribution is 2.28. The maximum atomic E-state index is 11.2. The highest BCUT2D eigenvalue weighted by atomic mass is 16.6. The summed E-state index contributed by atoms with van der Waals surface area (Å²) >= 11 is 0.